The summed E-state index contributed by atoms with van der Waals surface area (Å²) in [5.41, 5.74) is 2.50. The molecule has 0 atom stereocenters. The number of carbonyl (C=O) groups is 2. The molecule has 0 radical (unpaired) electrons. The zero-order chi connectivity index (χ0) is 21.7. The van der Waals surface area contributed by atoms with Crippen molar-refractivity contribution in [3.63, 3.8) is 0 Å². The predicted octanol–water partition coefficient (Wildman–Crippen LogP) is 5.54. The number of urea groups is 1. The van der Waals surface area contributed by atoms with E-state index in [9.17, 15) is 9.59 Å². The second-order valence-electron chi connectivity index (χ2n) is 6.51. The lowest BCUT2D eigenvalue weighted by Crippen LogP contribution is -2.21. The molecule has 2 amide bonds. The summed E-state index contributed by atoms with van der Waals surface area (Å²) < 4.78 is 10.6. The zero-order valence-electron chi connectivity index (χ0n) is 16.8. The molecule has 2 N–H and O–H groups in total. The van der Waals surface area contributed by atoms with Gasteiger partial charge in [-0.1, -0.05) is 41.4 Å². The van der Waals surface area contributed by atoms with E-state index < -0.39 is 6.03 Å². The van der Waals surface area contributed by atoms with Gasteiger partial charge in [0.15, 0.2) is 17.3 Å². The van der Waals surface area contributed by atoms with Gasteiger partial charge in [-0.2, -0.15) is 0 Å². The Morgan fingerprint density at radius 1 is 0.833 bits per heavy atom. The molecule has 0 saturated heterocycles. The zero-order valence-corrected chi connectivity index (χ0v) is 17.5. The lowest BCUT2D eigenvalue weighted by Gasteiger charge is -2.16. The van der Waals surface area contributed by atoms with Crippen molar-refractivity contribution < 1.29 is 19.1 Å². The van der Waals surface area contributed by atoms with E-state index >= 15 is 0 Å². The van der Waals surface area contributed by atoms with Gasteiger partial charge in [0, 0.05) is 17.3 Å². The van der Waals surface area contributed by atoms with Crippen LogP contribution in [0.25, 0.3) is 0 Å². The quantitative estimate of drug-likeness (QED) is 0.509. The van der Waals surface area contributed by atoms with Crippen LogP contribution in [0.2, 0.25) is 5.02 Å². The number of hydrogen-bond acceptors (Lipinski definition) is 4. The molecular weight excluding hydrogens is 404 g/mol. The van der Waals surface area contributed by atoms with Crippen LogP contribution in [0.1, 0.15) is 21.5 Å². The fourth-order valence-corrected chi connectivity index (χ4v) is 3.10. The number of nitrogens with one attached hydrogen (secondary N) is 2. The Balaban J connectivity index is 1.97. The number of carbonyl (C=O) groups excluding carboxylic acids is 2. The highest BCUT2D eigenvalue weighted by Gasteiger charge is 2.21. The SMILES string of the molecule is COc1cc(NC(=O)Nc2ccc(C)cc2)c(C(=O)c2ccccc2Cl)cc1OC. The van der Waals surface area contributed by atoms with Crippen LogP contribution in [0.5, 0.6) is 11.5 Å². The summed E-state index contributed by atoms with van der Waals surface area (Å²) in [6, 6.07) is 16.6. The number of ether oxygens (including phenoxy) is 2. The van der Waals surface area contributed by atoms with Gasteiger partial charge in [-0.3, -0.25) is 4.79 Å². The topological polar surface area (TPSA) is 76.7 Å². The van der Waals surface area contributed by atoms with Crippen LogP contribution in [-0.4, -0.2) is 26.0 Å². The minimum Gasteiger partial charge on any atom is -0.493 e. The van der Waals surface area contributed by atoms with Gasteiger partial charge in [0.05, 0.1) is 30.5 Å². The maximum atomic E-state index is 13.2. The van der Waals surface area contributed by atoms with E-state index in [0.717, 1.165) is 5.56 Å². The first-order valence-corrected chi connectivity index (χ1v) is 9.50. The monoisotopic (exact) mass is 424 g/mol. The predicted molar refractivity (Wildman–Crippen MR) is 118 cm³/mol. The van der Waals surface area contributed by atoms with E-state index in [1.807, 2.05) is 19.1 Å². The van der Waals surface area contributed by atoms with Crippen molar-refractivity contribution in [2.75, 3.05) is 24.9 Å². The normalized spacial score (nSPS) is 10.3. The molecule has 154 valence electrons. The van der Waals surface area contributed by atoms with Crippen molar-refractivity contribution in [2.45, 2.75) is 6.92 Å². The molecule has 3 rings (SSSR count). The summed E-state index contributed by atoms with van der Waals surface area (Å²) in [6.45, 7) is 1.96. The average molecular weight is 425 g/mol. The van der Waals surface area contributed by atoms with E-state index in [1.54, 1.807) is 36.4 Å². The summed E-state index contributed by atoms with van der Waals surface area (Å²) in [6.07, 6.45) is 0. The number of ketones is 1. The molecule has 0 aliphatic heterocycles. The summed E-state index contributed by atoms with van der Waals surface area (Å²) in [4.78, 5) is 25.7. The first-order chi connectivity index (χ1) is 14.4. The van der Waals surface area contributed by atoms with Gasteiger partial charge in [-0.25, -0.2) is 4.79 Å². The third kappa shape index (κ3) is 4.72. The molecule has 0 unspecified atom stereocenters. The largest absolute Gasteiger partial charge is 0.493 e. The molecule has 7 heteroatoms. The van der Waals surface area contributed by atoms with E-state index in [1.165, 1.54) is 26.4 Å². The summed E-state index contributed by atoms with van der Waals surface area (Å²) >= 11 is 6.20. The van der Waals surface area contributed by atoms with Gasteiger partial charge < -0.3 is 20.1 Å². The van der Waals surface area contributed by atoms with Crippen molar-refractivity contribution in [1.82, 2.24) is 0 Å². The Hall–Kier alpha value is -3.51. The van der Waals surface area contributed by atoms with Crippen LogP contribution in [0.3, 0.4) is 0 Å². The number of hydrogen-bond donors (Lipinski definition) is 2. The van der Waals surface area contributed by atoms with Gasteiger partial charge in [0.1, 0.15) is 0 Å². The molecule has 0 aliphatic rings. The van der Waals surface area contributed by atoms with Crippen molar-refractivity contribution in [3.8, 4) is 11.5 Å². The Morgan fingerprint density at radius 2 is 1.47 bits per heavy atom. The van der Waals surface area contributed by atoms with Gasteiger partial charge in [-0.15, -0.1) is 0 Å². The molecule has 0 spiro atoms. The second-order valence-corrected chi connectivity index (χ2v) is 6.91. The molecule has 3 aromatic rings. The number of anilines is 2. The maximum absolute atomic E-state index is 13.2. The Morgan fingerprint density at radius 3 is 2.10 bits per heavy atom. The van der Waals surface area contributed by atoms with Crippen LogP contribution in [0, 0.1) is 6.92 Å². The number of halogens is 1. The summed E-state index contributed by atoms with van der Waals surface area (Å²) in [5, 5.41) is 5.77. The molecule has 6 nitrogen and oxygen atoms in total. The van der Waals surface area contributed by atoms with Gasteiger partial charge in [0.25, 0.3) is 0 Å². The van der Waals surface area contributed by atoms with Crippen LogP contribution < -0.4 is 20.1 Å². The first-order valence-electron chi connectivity index (χ1n) is 9.13. The van der Waals surface area contributed by atoms with Crippen molar-refractivity contribution >= 4 is 34.8 Å². The van der Waals surface area contributed by atoms with Gasteiger partial charge >= 0.3 is 6.03 Å². The van der Waals surface area contributed by atoms with Crippen molar-refractivity contribution in [2.24, 2.45) is 0 Å². The fraction of sp³-hybridized carbons (Fsp3) is 0.130. The van der Waals surface area contributed by atoms with Crippen LogP contribution >= 0.6 is 11.6 Å². The highest BCUT2D eigenvalue weighted by molar-refractivity contribution is 6.35. The smallest absolute Gasteiger partial charge is 0.323 e. The maximum Gasteiger partial charge on any atom is 0.323 e. The third-order valence-corrected chi connectivity index (χ3v) is 4.77. The van der Waals surface area contributed by atoms with Crippen molar-refractivity contribution in [3.05, 3.63) is 82.4 Å². The van der Waals surface area contributed by atoms with E-state index in [-0.39, 0.29) is 17.0 Å². The van der Waals surface area contributed by atoms with Gasteiger partial charge in [-0.05, 0) is 37.3 Å². The number of aryl methyl sites for hydroxylation is 1. The minimum atomic E-state index is -0.501. The molecule has 0 aliphatic carbocycles. The van der Waals surface area contributed by atoms with E-state index in [0.29, 0.717) is 27.8 Å². The average Bonchev–Trinajstić information content (AvgIpc) is 2.75. The lowest BCUT2D eigenvalue weighted by atomic mass is 10.0. The summed E-state index contributed by atoms with van der Waals surface area (Å²) in [5.74, 6) is 0.378. The number of rotatable bonds is 6. The Labute approximate surface area is 179 Å². The van der Waals surface area contributed by atoms with E-state index in [4.69, 9.17) is 21.1 Å². The highest BCUT2D eigenvalue weighted by atomic mass is 35.5. The Bertz CT molecular complexity index is 1080. The second kappa shape index (κ2) is 9.33. The van der Waals surface area contributed by atoms with Gasteiger partial charge in [0.2, 0.25) is 0 Å². The number of methoxy groups -OCH3 is 2. The van der Waals surface area contributed by atoms with E-state index in [2.05, 4.69) is 10.6 Å². The van der Waals surface area contributed by atoms with Crippen LogP contribution in [0.15, 0.2) is 60.7 Å². The molecular formula is C23H21ClN2O4. The molecule has 0 heterocycles. The minimum absolute atomic E-state index is 0.222. The number of benzene rings is 3. The van der Waals surface area contributed by atoms with Crippen molar-refractivity contribution in [1.29, 1.82) is 0 Å². The Kier molecular flexibility index (Phi) is 6.59. The lowest BCUT2D eigenvalue weighted by molar-refractivity contribution is 0.103. The highest BCUT2D eigenvalue weighted by Crippen LogP contribution is 2.35. The fourth-order valence-electron chi connectivity index (χ4n) is 2.88. The molecule has 0 saturated carbocycles. The first kappa shape index (κ1) is 21.2. The standard InChI is InChI=1S/C23H21ClN2O4/c1-14-8-10-15(11-9-14)25-23(28)26-19-13-21(30-3)20(29-2)12-17(19)22(27)16-6-4-5-7-18(16)24/h4-13H,1-3H3,(H2,25,26,28). The number of amides is 2. The summed E-state index contributed by atoms with van der Waals surface area (Å²) in [7, 11) is 2.95. The molecule has 3 aromatic carbocycles. The third-order valence-electron chi connectivity index (χ3n) is 4.44. The van der Waals surface area contributed by atoms with Crippen LogP contribution in [0.4, 0.5) is 16.2 Å². The van der Waals surface area contributed by atoms with Crippen LogP contribution in [-0.2, 0) is 0 Å². The molecule has 0 bridgehead atoms. The molecule has 0 fully saturated rings. The molecule has 0 aromatic heterocycles. The molecule has 30 heavy (non-hydrogen) atoms.